The Hall–Kier alpha value is -2.55. The number of para-hydroxylation sites is 1. The van der Waals surface area contributed by atoms with Crippen LogP contribution in [0, 0.1) is 6.92 Å². The first-order valence-corrected chi connectivity index (χ1v) is 7.20. The number of anilines is 2. The minimum Gasteiger partial charge on any atom is -0.326 e. The predicted octanol–water partition coefficient (Wildman–Crippen LogP) is 4.18. The van der Waals surface area contributed by atoms with Gasteiger partial charge in [-0.05, 0) is 36.6 Å². The molecule has 1 aromatic heterocycles. The first-order valence-electron chi connectivity index (χ1n) is 7.20. The summed E-state index contributed by atoms with van der Waals surface area (Å²) in [5, 5.41) is 3.36. The lowest BCUT2D eigenvalue weighted by atomic mass is 10.1. The third kappa shape index (κ3) is 3.31. The fourth-order valence-corrected chi connectivity index (χ4v) is 2.40. The standard InChI is InChI=1S/C18H19N3/c1-15-7-5-6-8-16(15)11-13-21-14-12-19-18(21)20-17-9-3-2-4-10-17/h2-10,12,14H,11,13H2,1H3,(H,19,20). The molecule has 3 aromatic rings. The van der Waals surface area contributed by atoms with Crippen LogP contribution in [-0.4, -0.2) is 9.55 Å². The average molecular weight is 277 g/mol. The maximum absolute atomic E-state index is 4.40. The number of nitrogens with zero attached hydrogens (tertiary/aromatic N) is 2. The molecule has 0 aliphatic carbocycles. The molecule has 0 atom stereocenters. The zero-order valence-corrected chi connectivity index (χ0v) is 12.2. The Kier molecular flexibility index (Phi) is 4.01. The van der Waals surface area contributed by atoms with E-state index in [2.05, 4.69) is 46.1 Å². The van der Waals surface area contributed by atoms with Crippen molar-refractivity contribution in [3.8, 4) is 0 Å². The largest absolute Gasteiger partial charge is 0.326 e. The topological polar surface area (TPSA) is 29.9 Å². The van der Waals surface area contributed by atoms with Crippen LogP contribution in [-0.2, 0) is 13.0 Å². The van der Waals surface area contributed by atoms with Crippen LogP contribution in [0.2, 0.25) is 0 Å². The van der Waals surface area contributed by atoms with Crippen molar-refractivity contribution in [3.63, 3.8) is 0 Å². The lowest BCUT2D eigenvalue weighted by Crippen LogP contribution is -2.06. The van der Waals surface area contributed by atoms with Crippen molar-refractivity contribution in [1.82, 2.24) is 9.55 Å². The summed E-state index contributed by atoms with van der Waals surface area (Å²) in [5.41, 5.74) is 3.79. The number of benzene rings is 2. The second kappa shape index (κ2) is 6.27. The first kappa shape index (κ1) is 13.4. The van der Waals surface area contributed by atoms with Gasteiger partial charge in [0.2, 0.25) is 5.95 Å². The van der Waals surface area contributed by atoms with Crippen LogP contribution in [0.3, 0.4) is 0 Å². The summed E-state index contributed by atoms with van der Waals surface area (Å²) in [7, 11) is 0. The minimum atomic E-state index is 0.884. The maximum atomic E-state index is 4.40. The molecular formula is C18H19N3. The van der Waals surface area contributed by atoms with E-state index in [1.165, 1.54) is 11.1 Å². The van der Waals surface area contributed by atoms with Gasteiger partial charge in [0, 0.05) is 24.6 Å². The molecule has 0 fully saturated rings. The lowest BCUT2D eigenvalue weighted by Gasteiger charge is -2.11. The molecule has 0 saturated heterocycles. The van der Waals surface area contributed by atoms with E-state index < -0.39 is 0 Å². The highest BCUT2D eigenvalue weighted by atomic mass is 15.2. The van der Waals surface area contributed by atoms with Gasteiger partial charge in [0.25, 0.3) is 0 Å². The summed E-state index contributed by atoms with van der Waals surface area (Å²) in [6, 6.07) is 18.7. The fourth-order valence-electron chi connectivity index (χ4n) is 2.40. The summed E-state index contributed by atoms with van der Waals surface area (Å²) < 4.78 is 2.15. The van der Waals surface area contributed by atoms with E-state index in [4.69, 9.17) is 0 Å². The molecule has 0 aliphatic heterocycles. The van der Waals surface area contributed by atoms with E-state index in [9.17, 15) is 0 Å². The van der Waals surface area contributed by atoms with E-state index in [1.54, 1.807) is 0 Å². The van der Waals surface area contributed by atoms with E-state index in [0.717, 1.165) is 24.6 Å². The molecule has 0 aliphatic rings. The summed E-state index contributed by atoms with van der Waals surface area (Å²) in [5.74, 6) is 0.884. The Balaban J connectivity index is 1.70. The van der Waals surface area contributed by atoms with Crippen molar-refractivity contribution < 1.29 is 0 Å². The van der Waals surface area contributed by atoms with Crippen LogP contribution in [0.15, 0.2) is 67.0 Å². The van der Waals surface area contributed by atoms with Gasteiger partial charge in [0.1, 0.15) is 0 Å². The molecule has 0 saturated carbocycles. The van der Waals surface area contributed by atoms with E-state index >= 15 is 0 Å². The van der Waals surface area contributed by atoms with Gasteiger partial charge in [0.15, 0.2) is 0 Å². The van der Waals surface area contributed by atoms with Crippen molar-refractivity contribution in [3.05, 3.63) is 78.1 Å². The van der Waals surface area contributed by atoms with Gasteiger partial charge in [-0.1, -0.05) is 42.5 Å². The minimum absolute atomic E-state index is 0.884. The molecule has 0 radical (unpaired) electrons. The van der Waals surface area contributed by atoms with Crippen LogP contribution in [0.1, 0.15) is 11.1 Å². The van der Waals surface area contributed by atoms with Crippen molar-refractivity contribution in [2.75, 3.05) is 5.32 Å². The van der Waals surface area contributed by atoms with Gasteiger partial charge in [-0.2, -0.15) is 0 Å². The third-order valence-electron chi connectivity index (χ3n) is 3.63. The molecule has 3 heteroatoms. The first-order chi connectivity index (χ1) is 10.3. The fraction of sp³-hybridized carbons (Fsp3) is 0.167. The molecule has 0 bridgehead atoms. The Morgan fingerprint density at radius 3 is 2.57 bits per heavy atom. The van der Waals surface area contributed by atoms with Crippen LogP contribution in [0.25, 0.3) is 0 Å². The van der Waals surface area contributed by atoms with Gasteiger partial charge >= 0.3 is 0 Å². The van der Waals surface area contributed by atoms with E-state index in [-0.39, 0.29) is 0 Å². The molecule has 106 valence electrons. The van der Waals surface area contributed by atoms with Gasteiger partial charge in [-0.25, -0.2) is 4.98 Å². The Morgan fingerprint density at radius 1 is 1.00 bits per heavy atom. The summed E-state index contributed by atoms with van der Waals surface area (Å²) in [4.78, 5) is 4.40. The highest BCUT2D eigenvalue weighted by Crippen LogP contribution is 2.15. The number of imidazole rings is 1. The van der Waals surface area contributed by atoms with Gasteiger partial charge in [-0.3, -0.25) is 0 Å². The summed E-state index contributed by atoms with van der Waals surface area (Å²) in [6.07, 6.45) is 4.86. The lowest BCUT2D eigenvalue weighted by molar-refractivity contribution is 0.702. The Morgan fingerprint density at radius 2 is 1.76 bits per heavy atom. The molecule has 1 N–H and O–H groups in total. The number of aryl methyl sites for hydroxylation is 3. The number of hydrogen-bond acceptors (Lipinski definition) is 2. The normalized spacial score (nSPS) is 10.5. The quantitative estimate of drug-likeness (QED) is 0.758. The molecule has 0 unspecified atom stereocenters. The van der Waals surface area contributed by atoms with Gasteiger partial charge in [-0.15, -0.1) is 0 Å². The Labute approximate surface area is 125 Å². The van der Waals surface area contributed by atoms with Gasteiger partial charge < -0.3 is 9.88 Å². The molecule has 0 spiro atoms. The average Bonchev–Trinajstić information content (AvgIpc) is 2.95. The maximum Gasteiger partial charge on any atom is 0.207 e. The van der Waals surface area contributed by atoms with Crippen molar-refractivity contribution in [2.45, 2.75) is 19.9 Å². The zero-order valence-electron chi connectivity index (χ0n) is 12.2. The van der Waals surface area contributed by atoms with E-state index in [1.807, 2.05) is 42.7 Å². The molecule has 2 aromatic carbocycles. The molecule has 1 heterocycles. The van der Waals surface area contributed by atoms with Crippen molar-refractivity contribution >= 4 is 11.6 Å². The van der Waals surface area contributed by atoms with Crippen molar-refractivity contribution in [1.29, 1.82) is 0 Å². The number of hydrogen-bond donors (Lipinski definition) is 1. The van der Waals surface area contributed by atoms with E-state index in [0.29, 0.717) is 0 Å². The predicted molar refractivity (Wildman–Crippen MR) is 86.8 cm³/mol. The van der Waals surface area contributed by atoms with Crippen LogP contribution >= 0.6 is 0 Å². The highest BCUT2D eigenvalue weighted by Gasteiger charge is 2.04. The molecule has 3 nitrogen and oxygen atoms in total. The number of nitrogens with one attached hydrogen (secondary N) is 1. The molecule has 3 rings (SSSR count). The molecular weight excluding hydrogens is 258 g/mol. The van der Waals surface area contributed by atoms with Crippen LogP contribution < -0.4 is 5.32 Å². The third-order valence-corrected chi connectivity index (χ3v) is 3.63. The molecule has 0 amide bonds. The summed E-state index contributed by atoms with van der Waals surface area (Å²) in [6.45, 7) is 3.08. The smallest absolute Gasteiger partial charge is 0.207 e. The zero-order chi connectivity index (χ0) is 14.5. The summed E-state index contributed by atoms with van der Waals surface area (Å²) >= 11 is 0. The Bertz CT molecular complexity index is 701. The second-order valence-corrected chi connectivity index (χ2v) is 5.11. The highest BCUT2D eigenvalue weighted by molar-refractivity contribution is 5.53. The van der Waals surface area contributed by atoms with Crippen molar-refractivity contribution in [2.24, 2.45) is 0 Å². The van der Waals surface area contributed by atoms with Crippen LogP contribution in [0.5, 0.6) is 0 Å². The SMILES string of the molecule is Cc1ccccc1CCn1ccnc1Nc1ccccc1. The monoisotopic (exact) mass is 277 g/mol. The van der Waals surface area contributed by atoms with Gasteiger partial charge in [0.05, 0.1) is 0 Å². The molecule has 21 heavy (non-hydrogen) atoms. The number of rotatable bonds is 5. The number of aromatic nitrogens is 2. The second-order valence-electron chi connectivity index (χ2n) is 5.11. The van der Waals surface area contributed by atoms with Crippen LogP contribution in [0.4, 0.5) is 11.6 Å².